The quantitative estimate of drug-likeness (QED) is 0.518. The molecule has 0 saturated carbocycles. The monoisotopic (exact) mass is 506 g/mol. The van der Waals surface area contributed by atoms with E-state index in [1.807, 2.05) is 49.1 Å². The Bertz CT molecular complexity index is 1270. The lowest BCUT2D eigenvalue weighted by Crippen LogP contribution is -2.67. The summed E-state index contributed by atoms with van der Waals surface area (Å²) >= 11 is 0. The molecule has 0 radical (unpaired) electrons. The van der Waals surface area contributed by atoms with Crippen molar-refractivity contribution >= 4 is 11.9 Å². The van der Waals surface area contributed by atoms with Crippen molar-refractivity contribution in [3.05, 3.63) is 53.2 Å². The molecule has 2 fully saturated rings. The largest absolute Gasteiger partial charge is 0.481 e. The van der Waals surface area contributed by atoms with Crippen LogP contribution in [0.5, 0.6) is 5.88 Å². The van der Waals surface area contributed by atoms with Crippen molar-refractivity contribution in [1.82, 2.24) is 25.2 Å². The molecule has 0 unspecified atom stereocenters. The molecule has 10 nitrogen and oxygen atoms in total. The number of carbonyl (C=O) groups is 1. The van der Waals surface area contributed by atoms with Crippen LogP contribution < -0.4 is 15.0 Å². The fraction of sp³-hybridized carbons (Fsp3) is 0.481. The number of hydrogen-bond acceptors (Lipinski definition) is 9. The van der Waals surface area contributed by atoms with Crippen molar-refractivity contribution < 1.29 is 18.7 Å². The first-order valence-corrected chi connectivity index (χ1v) is 12.6. The predicted octanol–water partition coefficient (Wildman–Crippen LogP) is 2.87. The number of hydrogen-bond donors (Lipinski definition) is 1. The highest BCUT2D eigenvalue weighted by molar-refractivity contribution is 5.87. The first kappa shape index (κ1) is 25.2. The van der Waals surface area contributed by atoms with E-state index < -0.39 is 5.54 Å². The minimum Gasteiger partial charge on any atom is -0.481 e. The second kappa shape index (κ2) is 10.5. The molecule has 2 saturated heterocycles. The molecule has 4 heterocycles. The summed E-state index contributed by atoms with van der Waals surface area (Å²) in [6.45, 7) is 7.41. The Labute approximate surface area is 217 Å². The van der Waals surface area contributed by atoms with Crippen LogP contribution >= 0.6 is 0 Å². The van der Waals surface area contributed by atoms with Gasteiger partial charge in [-0.3, -0.25) is 4.79 Å². The highest BCUT2D eigenvalue weighted by atomic mass is 16.5. The summed E-state index contributed by atoms with van der Waals surface area (Å²) in [4.78, 5) is 31.6. The number of ether oxygens (including phenoxy) is 2. The second-order valence-electron chi connectivity index (χ2n) is 9.72. The van der Waals surface area contributed by atoms with Crippen LogP contribution in [0.4, 0.5) is 5.95 Å². The molecule has 1 amide bonds. The molecule has 37 heavy (non-hydrogen) atoms. The number of amides is 1. The van der Waals surface area contributed by atoms with Crippen molar-refractivity contribution in [2.24, 2.45) is 0 Å². The zero-order valence-electron chi connectivity index (χ0n) is 21.9. The second-order valence-corrected chi connectivity index (χ2v) is 9.72. The van der Waals surface area contributed by atoms with Gasteiger partial charge in [0.1, 0.15) is 11.2 Å². The van der Waals surface area contributed by atoms with E-state index in [1.54, 1.807) is 14.2 Å². The van der Waals surface area contributed by atoms with Gasteiger partial charge in [0, 0.05) is 57.5 Å². The summed E-state index contributed by atoms with van der Waals surface area (Å²) in [7, 11) is 3.28. The highest BCUT2D eigenvalue weighted by Gasteiger charge is 2.46. The third-order valence-electron chi connectivity index (χ3n) is 7.11. The number of oxazole rings is 1. The molecule has 0 atom stereocenters. The van der Waals surface area contributed by atoms with Crippen LogP contribution in [-0.4, -0.2) is 71.7 Å². The number of benzene rings is 1. The molecule has 5 rings (SSSR count). The molecule has 3 aromatic rings. The smallest absolute Gasteiger partial charge is 0.243 e. The Kier molecular flexibility index (Phi) is 7.12. The van der Waals surface area contributed by atoms with Crippen LogP contribution in [0, 0.1) is 13.8 Å². The Morgan fingerprint density at radius 3 is 2.65 bits per heavy atom. The number of nitrogens with zero attached hydrogens (tertiary/aromatic N) is 5. The molecule has 2 aliphatic rings. The summed E-state index contributed by atoms with van der Waals surface area (Å²) in [5, 5.41) is 3.54. The SMILES string of the molecule is COCc1cccc(-c2oc(C)nc2CN2CCNC3(CCN(c4nc(C)cc(OC)n4)CC3)C2=O)c1. The van der Waals surface area contributed by atoms with Crippen LogP contribution in [0.2, 0.25) is 0 Å². The molecule has 1 spiro atoms. The van der Waals surface area contributed by atoms with E-state index in [2.05, 4.69) is 25.2 Å². The van der Waals surface area contributed by atoms with Crippen LogP contribution in [0.15, 0.2) is 34.7 Å². The van der Waals surface area contributed by atoms with E-state index in [0.29, 0.717) is 69.1 Å². The van der Waals surface area contributed by atoms with Gasteiger partial charge in [-0.1, -0.05) is 18.2 Å². The zero-order valence-corrected chi connectivity index (χ0v) is 21.9. The van der Waals surface area contributed by atoms with Gasteiger partial charge in [-0.25, -0.2) is 9.97 Å². The Morgan fingerprint density at radius 1 is 1.08 bits per heavy atom. The summed E-state index contributed by atoms with van der Waals surface area (Å²) in [6, 6.07) is 9.86. The fourth-order valence-electron chi connectivity index (χ4n) is 5.26. The highest BCUT2D eigenvalue weighted by Crippen LogP contribution is 2.32. The van der Waals surface area contributed by atoms with E-state index in [4.69, 9.17) is 13.9 Å². The molecule has 2 aromatic heterocycles. The Hall–Kier alpha value is -3.50. The van der Waals surface area contributed by atoms with E-state index >= 15 is 0 Å². The number of aromatic nitrogens is 3. The molecule has 1 N–H and O–H groups in total. The molecule has 10 heteroatoms. The lowest BCUT2D eigenvalue weighted by molar-refractivity contribution is -0.143. The van der Waals surface area contributed by atoms with Crippen LogP contribution in [-0.2, 0) is 22.7 Å². The summed E-state index contributed by atoms with van der Waals surface area (Å²) in [5.74, 6) is 2.59. The topological polar surface area (TPSA) is 106 Å². The minimum atomic E-state index is -0.597. The van der Waals surface area contributed by atoms with Gasteiger partial charge in [-0.2, -0.15) is 4.98 Å². The maximum atomic E-state index is 13.8. The van der Waals surface area contributed by atoms with Crippen molar-refractivity contribution in [2.45, 2.75) is 45.4 Å². The summed E-state index contributed by atoms with van der Waals surface area (Å²) < 4.78 is 16.6. The van der Waals surface area contributed by atoms with Gasteiger partial charge in [0.25, 0.3) is 0 Å². The molecular formula is C27H34N6O4. The van der Waals surface area contributed by atoms with Gasteiger partial charge in [0.15, 0.2) is 11.7 Å². The average Bonchev–Trinajstić information content (AvgIpc) is 3.27. The van der Waals surface area contributed by atoms with E-state index in [9.17, 15) is 4.79 Å². The lowest BCUT2D eigenvalue weighted by Gasteiger charge is -2.46. The zero-order chi connectivity index (χ0) is 26.0. The van der Waals surface area contributed by atoms with Crippen molar-refractivity contribution in [1.29, 1.82) is 0 Å². The number of rotatable bonds is 7. The minimum absolute atomic E-state index is 0.112. The normalized spacial score (nSPS) is 17.5. The van der Waals surface area contributed by atoms with Crippen molar-refractivity contribution in [3.63, 3.8) is 0 Å². The van der Waals surface area contributed by atoms with Crippen LogP contribution in [0.3, 0.4) is 0 Å². The number of piperidine rings is 1. The van der Waals surface area contributed by atoms with Gasteiger partial charge in [0.2, 0.25) is 17.7 Å². The first-order valence-electron chi connectivity index (χ1n) is 12.6. The third-order valence-corrected chi connectivity index (χ3v) is 7.11. The van der Waals surface area contributed by atoms with Gasteiger partial charge in [0.05, 0.1) is 20.3 Å². The number of carbonyl (C=O) groups excluding carboxylic acids is 1. The standard InChI is InChI=1S/C27H34N6O4/c1-18-14-23(36-4)31-26(29-18)32-11-8-27(9-12-32)25(34)33(13-10-28-27)16-22-24(37-19(2)30-22)21-7-5-6-20(15-21)17-35-3/h5-7,14-15,28H,8-13,16-17H2,1-4H3. The maximum Gasteiger partial charge on any atom is 0.243 e. The van der Waals surface area contributed by atoms with E-state index in [1.165, 1.54) is 0 Å². The number of anilines is 1. The third kappa shape index (κ3) is 5.17. The van der Waals surface area contributed by atoms with Gasteiger partial charge >= 0.3 is 0 Å². The first-order chi connectivity index (χ1) is 17.9. The maximum absolute atomic E-state index is 13.8. The Morgan fingerprint density at radius 2 is 1.89 bits per heavy atom. The molecular weight excluding hydrogens is 472 g/mol. The van der Waals surface area contributed by atoms with Crippen LogP contribution in [0.1, 0.15) is 35.7 Å². The number of nitrogens with one attached hydrogen (secondary N) is 1. The average molecular weight is 507 g/mol. The molecule has 0 bridgehead atoms. The van der Waals surface area contributed by atoms with Gasteiger partial charge in [-0.15, -0.1) is 0 Å². The lowest BCUT2D eigenvalue weighted by atomic mass is 9.84. The fourth-order valence-corrected chi connectivity index (χ4v) is 5.26. The van der Waals surface area contributed by atoms with Crippen molar-refractivity contribution in [3.8, 4) is 17.2 Å². The summed E-state index contributed by atoms with van der Waals surface area (Å²) in [6.07, 6.45) is 1.34. The van der Waals surface area contributed by atoms with Gasteiger partial charge in [-0.05, 0) is 31.4 Å². The van der Waals surface area contributed by atoms with Crippen LogP contribution in [0.25, 0.3) is 11.3 Å². The Balaban J connectivity index is 1.31. The summed E-state index contributed by atoms with van der Waals surface area (Å²) in [5.41, 5.74) is 3.02. The van der Waals surface area contributed by atoms with Crippen molar-refractivity contribution in [2.75, 3.05) is 45.3 Å². The van der Waals surface area contributed by atoms with E-state index in [-0.39, 0.29) is 5.91 Å². The van der Waals surface area contributed by atoms with E-state index in [0.717, 1.165) is 29.1 Å². The molecule has 196 valence electrons. The number of aryl methyl sites for hydroxylation is 2. The van der Waals surface area contributed by atoms with Gasteiger partial charge < -0.3 is 29.0 Å². The number of piperazine rings is 1. The molecule has 1 aromatic carbocycles. The predicted molar refractivity (Wildman–Crippen MR) is 138 cm³/mol. The number of methoxy groups -OCH3 is 2. The molecule has 0 aliphatic carbocycles. The molecule has 2 aliphatic heterocycles.